The summed E-state index contributed by atoms with van der Waals surface area (Å²) in [5.41, 5.74) is 4.66. The number of benzene rings is 2. The number of carboxylic acid groups (broad SMARTS) is 1. The molecule has 102 valence electrons. The van der Waals surface area contributed by atoms with Crippen LogP contribution in [0.1, 0.15) is 16.7 Å². The van der Waals surface area contributed by atoms with Gasteiger partial charge < -0.3 is 10.0 Å². The van der Waals surface area contributed by atoms with Crippen LogP contribution in [0.3, 0.4) is 0 Å². The monoisotopic (exact) mass is 267 g/mol. The van der Waals surface area contributed by atoms with Crippen molar-refractivity contribution in [2.75, 3.05) is 11.4 Å². The number of aliphatic carboxylic acids is 1. The lowest BCUT2D eigenvalue weighted by molar-refractivity contribution is -0.136. The molecule has 20 heavy (non-hydrogen) atoms. The van der Waals surface area contributed by atoms with Gasteiger partial charge in [-0.3, -0.25) is 4.79 Å². The Morgan fingerprint density at radius 3 is 2.65 bits per heavy atom. The molecule has 3 heteroatoms. The van der Waals surface area contributed by atoms with Crippen LogP contribution in [0.2, 0.25) is 0 Å². The fourth-order valence-electron chi connectivity index (χ4n) is 2.74. The molecule has 0 aliphatic carbocycles. The van der Waals surface area contributed by atoms with Crippen molar-refractivity contribution >= 4 is 11.7 Å². The average Bonchev–Trinajstić information content (AvgIpc) is 2.82. The van der Waals surface area contributed by atoms with E-state index in [4.69, 9.17) is 5.11 Å². The standard InChI is InChI=1S/C17H17NO2/c19-17(20)11-14-6-7-15-8-9-18(16(15)10-14)12-13-4-2-1-3-5-13/h1-7,10H,8-9,11-12H2,(H,19,20). The number of fused-ring (bicyclic) bond motifs is 1. The highest BCUT2D eigenvalue weighted by molar-refractivity contribution is 5.71. The van der Waals surface area contributed by atoms with Crippen LogP contribution in [-0.4, -0.2) is 17.6 Å². The highest BCUT2D eigenvalue weighted by Gasteiger charge is 2.19. The summed E-state index contributed by atoms with van der Waals surface area (Å²) in [6, 6.07) is 16.4. The Kier molecular flexibility index (Phi) is 3.42. The number of carboxylic acids is 1. The van der Waals surface area contributed by atoms with Crippen LogP contribution < -0.4 is 4.90 Å². The predicted molar refractivity (Wildman–Crippen MR) is 79.0 cm³/mol. The second kappa shape index (κ2) is 5.37. The Morgan fingerprint density at radius 2 is 1.90 bits per heavy atom. The van der Waals surface area contributed by atoms with E-state index in [1.54, 1.807) is 0 Å². The van der Waals surface area contributed by atoms with Crippen LogP contribution in [0.5, 0.6) is 0 Å². The van der Waals surface area contributed by atoms with E-state index < -0.39 is 5.97 Å². The number of hydrogen-bond acceptors (Lipinski definition) is 2. The van der Waals surface area contributed by atoms with Gasteiger partial charge in [0.25, 0.3) is 0 Å². The Bertz CT molecular complexity index is 622. The lowest BCUT2D eigenvalue weighted by atomic mass is 10.1. The molecule has 0 amide bonds. The van der Waals surface area contributed by atoms with Gasteiger partial charge in [0.2, 0.25) is 0 Å². The number of hydrogen-bond donors (Lipinski definition) is 1. The molecule has 1 aliphatic heterocycles. The minimum Gasteiger partial charge on any atom is -0.481 e. The van der Waals surface area contributed by atoms with E-state index in [2.05, 4.69) is 23.1 Å². The molecule has 3 nitrogen and oxygen atoms in total. The Morgan fingerprint density at radius 1 is 1.10 bits per heavy atom. The third-order valence-electron chi connectivity index (χ3n) is 3.71. The van der Waals surface area contributed by atoms with Gasteiger partial charge in [0, 0.05) is 18.8 Å². The predicted octanol–water partition coefficient (Wildman–Crippen LogP) is 2.88. The van der Waals surface area contributed by atoms with Crippen LogP contribution in [-0.2, 0) is 24.2 Å². The fraction of sp³-hybridized carbons (Fsp3) is 0.235. The Balaban J connectivity index is 1.83. The van der Waals surface area contributed by atoms with E-state index >= 15 is 0 Å². The largest absolute Gasteiger partial charge is 0.481 e. The molecule has 0 fully saturated rings. The first-order valence-electron chi connectivity index (χ1n) is 6.85. The molecule has 0 saturated carbocycles. The van der Waals surface area contributed by atoms with E-state index in [0.717, 1.165) is 25.1 Å². The summed E-state index contributed by atoms with van der Waals surface area (Å²) in [6.07, 6.45) is 1.13. The van der Waals surface area contributed by atoms with Crippen molar-refractivity contribution in [2.45, 2.75) is 19.4 Å². The first-order chi connectivity index (χ1) is 9.72. The van der Waals surface area contributed by atoms with Gasteiger partial charge in [0.1, 0.15) is 0 Å². The molecule has 3 rings (SSSR count). The molecule has 0 bridgehead atoms. The van der Waals surface area contributed by atoms with Crippen molar-refractivity contribution in [3.8, 4) is 0 Å². The zero-order valence-corrected chi connectivity index (χ0v) is 11.2. The molecule has 0 saturated heterocycles. The van der Waals surface area contributed by atoms with Gasteiger partial charge in [0.05, 0.1) is 6.42 Å². The quantitative estimate of drug-likeness (QED) is 0.926. The molecular formula is C17H17NO2. The number of carbonyl (C=O) groups is 1. The molecule has 0 aromatic heterocycles. The molecule has 1 heterocycles. The maximum Gasteiger partial charge on any atom is 0.307 e. The summed E-state index contributed by atoms with van der Waals surface area (Å²) in [7, 11) is 0. The van der Waals surface area contributed by atoms with Crippen molar-refractivity contribution in [3.63, 3.8) is 0 Å². The third kappa shape index (κ3) is 2.67. The Hall–Kier alpha value is -2.29. The highest BCUT2D eigenvalue weighted by atomic mass is 16.4. The Labute approximate surface area is 118 Å². The molecule has 2 aromatic rings. The summed E-state index contributed by atoms with van der Waals surface area (Å²) in [4.78, 5) is 13.2. The van der Waals surface area contributed by atoms with E-state index in [-0.39, 0.29) is 6.42 Å². The molecule has 2 aromatic carbocycles. The van der Waals surface area contributed by atoms with Gasteiger partial charge in [-0.2, -0.15) is 0 Å². The number of anilines is 1. The van der Waals surface area contributed by atoms with Gasteiger partial charge >= 0.3 is 5.97 Å². The summed E-state index contributed by atoms with van der Waals surface area (Å²) >= 11 is 0. The van der Waals surface area contributed by atoms with Gasteiger partial charge in [-0.15, -0.1) is 0 Å². The molecule has 0 atom stereocenters. The maximum absolute atomic E-state index is 10.8. The zero-order valence-electron chi connectivity index (χ0n) is 11.2. The average molecular weight is 267 g/mol. The molecule has 0 radical (unpaired) electrons. The fourth-order valence-corrected chi connectivity index (χ4v) is 2.74. The van der Waals surface area contributed by atoms with E-state index in [1.807, 2.05) is 30.3 Å². The van der Waals surface area contributed by atoms with E-state index in [0.29, 0.717) is 0 Å². The molecule has 0 unspecified atom stereocenters. The smallest absolute Gasteiger partial charge is 0.307 e. The molecule has 0 spiro atoms. The van der Waals surface area contributed by atoms with Crippen molar-refractivity contribution in [3.05, 3.63) is 65.2 Å². The van der Waals surface area contributed by atoms with Crippen molar-refractivity contribution in [1.82, 2.24) is 0 Å². The second-order valence-corrected chi connectivity index (χ2v) is 5.19. The third-order valence-corrected chi connectivity index (χ3v) is 3.71. The van der Waals surface area contributed by atoms with Gasteiger partial charge in [0.15, 0.2) is 0 Å². The first kappa shape index (κ1) is 12.7. The van der Waals surface area contributed by atoms with Gasteiger partial charge in [-0.25, -0.2) is 0 Å². The van der Waals surface area contributed by atoms with Crippen molar-refractivity contribution in [1.29, 1.82) is 0 Å². The van der Waals surface area contributed by atoms with E-state index in [9.17, 15) is 4.79 Å². The second-order valence-electron chi connectivity index (χ2n) is 5.19. The van der Waals surface area contributed by atoms with Crippen molar-refractivity contribution < 1.29 is 9.90 Å². The molecule has 1 aliphatic rings. The lowest BCUT2D eigenvalue weighted by Crippen LogP contribution is -2.19. The van der Waals surface area contributed by atoms with E-state index in [1.165, 1.54) is 16.8 Å². The number of nitrogens with zero attached hydrogens (tertiary/aromatic N) is 1. The van der Waals surface area contributed by atoms with Crippen LogP contribution >= 0.6 is 0 Å². The zero-order chi connectivity index (χ0) is 13.9. The lowest BCUT2D eigenvalue weighted by Gasteiger charge is -2.20. The van der Waals surface area contributed by atoms with Gasteiger partial charge in [-0.05, 0) is 29.2 Å². The summed E-state index contributed by atoms with van der Waals surface area (Å²) in [6.45, 7) is 1.88. The highest BCUT2D eigenvalue weighted by Crippen LogP contribution is 2.30. The first-order valence-corrected chi connectivity index (χ1v) is 6.85. The molecular weight excluding hydrogens is 250 g/mol. The normalized spacial score (nSPS) is 13.3. The SMILES string of the molecule is O=C(O)Cc1ccc2c(c1)N(Cc1ccccc1)CC2. The topological polar surface area (TPSA) is 40.5 Å². The van der Waals surface area contributed by atoms with Gasteiger partial charge in [-0.1, -0.05) is 42.5 Å². The van der Waals surface area contributed by atoms with Crippen LogP contribution in [0.15, 0.2) is 48.5 Å². The summed E-state index contributed by atoms with van der Waals surface area (Å²) < 4.78 is 0. The van der Waals surface area contributed by atoms with Crippen LogP contribution in [0.25, 0.3) is 0 Å². The minimum atomic E-state index is -0.780. The maximum atomic E-state index is 10.8. The summed E-state index contributed by atoms with van der Waals surface area (Å²) in [5.74, 6) is -0.780. The molecule has 1 N–H and O–H groups in total. The van der Waals surface area contributed by atoms with Crippen molar-refractivity contribution in [2.24, 2.45) is 0 Å². The summed E-state index contributed by atoms with van der Waals surface area (Å²) in [5, 5.41) is 8.90. The van der Waals surface area contributed by atoms with Crippen LogP contribution in [0.4, 0.5) is 5.69 Å². The van der Waals surface area contributed by atoms with Crippen LogP contribution in [0, 0.1) is 0 Å². The minimum absolute atomic E-state index is 0.0897. The number of rotatable bonds is 4.